The highest BCUT2D eigenvalue weighted by Crippen LogP contribution is 2.26. The maximum atomic E-state index is 13.6. The van der Waals surface area contributed by atoms with Gasteiger partial charge in [-0.3, -0.25) is 0 Å². The van der Waals surface area contributed by atoms with Gasteiger partial charge in [-0.1, -0.05) is 12.2 Å². The molecule has 1 aromatic rings. The Morgan fingerprint density at radius 2 is 2.24 bits per heavy atom. The van der Waals surface area contributed by atoms with Gasteiger partial charge in [0.05, 0.1) is 6.10 Å². The summed E-state index contributed by atoms with van der Waals surface area (Å²) in [5.41, 5.74) is 6.43. The van der Waals surface area contributed by atoms with Gasteiger partial charge >= 0.3 is 0 Å². The summed E-state index contributed by atoms with van der Waals surface area (Å²) in [6.07, 6.45) is 2.23. The van der Waals surface area contributed by atoms with Crippen molar-refractivity contribution < 1.29 is 9.13 Å². The van der Waals surface area contributed by atoms with Crippen LogP contribution in [-0.4, -0.2) is 24.2 Å². The van der Waals surface area contributed by atoms with Gasteiger partial charge in [0.2, 0.25) is 0 Å². The van der Waals surface area contributed by atoms with Crippen molar-refractivity contribution in [2.75, 3.05) is 12.4 Å². The Kier molecular flexibility index (Phi) is 3.59. The highest BCUT2D eigenvalue weighted by Gasteiger charge is 2.28. The second-order valence-corrected chi connectivity index (χ2v) is 4.67. The van der Waals surface area contributed by atoms with Gasteiger partial charge in [0.25, 0.3) is 0 Å². The molecule has 1 aliphatic carbocycles. The lowest BCUT2D eigenvalue weighted by atomic mass is 9.89. The Balaban J connectivity index is 1.99. The number of nitrogens with two attached hydrogens (primary N) is 1. The molecule has 3 nitrogen and oxygen atoms in total. The summed E-state index contributed by atoms with van der Waals surface area (Å²) >= 11 is 4.75. The molecule has 5 heteroatoms. The average Bonchev–Trinajstić information content (AvgIpc) is 2.22. The number of benzene rings is 1. The zero-order valence-corrected chi connectivity index (χ0v) is 10.4. The quantitative estimate of drug-likeness (QED) is 0.807. The minimum Gasteiger partial charge on any atom is -0.389 e. The first kappa shape index (κ1) is 12.3. The van der Waals surface area contributed by atoms with Crippen LogP contribution in [-0.2, 0) is 4.74 Å². The maximum Gasteiger partial charge on any atom is 0.135 e. The fourth-order valence-corrected chi connectivity index (χ4v) is 2.08. The largest absolute Gasteiger partial charge is 0.389 e. The van der Waals surface area contributed by atoms with Crippen LogP contribution in [0.2, 0.25) is 0 Å². The zero-order chi connectivity index (χ0) is 12.4. The van der Waals surface area contributed by atoms with E-state index in [4.69, 9.17) is 22.7 Å². The summed E-state index contributed by atoms with van der Waals surface area (Å²) in [4.78, 5) is 0.0807. The van der Waals surface area contributed by atoms with Crippen molar-refractivity contribution in [3.8, 4) is 0 Å². The maximum absolute atomic E-state index is 13.6. The van der Waals surface area contributed by atoms with E-state index in [-0.39, 0.29) is 16.4 Å². The SMILES string of the molecule is COC1CC(Nc2ccc(C(N)=S)c(F)c2)C1. The standard InChI is InChI=1S/C12H15FN2OS/c1-16-9-4-8(5-9)15-7-2-3-10(12(14)17)11(13)6-7/h2-3,6,8-9,15H,4-5H2,1H3,(H2,14,17). The van der Waals surface area contributed by atoms with Crippen LogP contribution in [0.4, 0.5) is 10.1 Å². The number of hydrogen-bond acceptors (Lipinski definition) is 3. The van der Waals surface area contributed by atoms with E-state index < -0.39 is 0 Å². The van der Waals surface area contributed by atoms with Gasteiger partial charge in [-0.05, 0) is 31.0 Å². The molecule has 0 aromatic heterocycles. The number of hydrogen-bond donors (Lipinski definition) is 2. The number of nitrogens with one attached hydrogen (secondary N) is 1. The van der Waals surface area contributed by atoms with Crippen molar-refractivity contribution >= 4 is 22.9 Å². The number of rotatable bonds is 4. The zero-order valence-electron chi connectivity index (χ0n) is 9.57. The van der Waals surface area contributed by atoms with Crippen molar-refractivity contribution in [3.63, 3.8) is 0 Å². The second kappa shape index (κ2) is 4.98. The van der Waals surface area contributed by atoms with Crippen LogP contribution in [0, 0.1) is 5.82 Å². The van der Waals surface area contributed by atoms with Crippen LogP contribution in [0.1, 0.15) is 18.4 Å². The van der Waals surface area contributed by atoms with E-state index in [2.05, 4.69) is 5.32 Å². The lowest BCUT2D eigenvalue weighted by Crippen LogP contribution is -2.40. The van der Waals surface area contributed by atoms with Crippen molar-refractivity contribution in [2.45, 2.75) is 25.0 Å². The van der Waals surface area contributed by atoms with E-state index in [0.29, 0.717) is 12.1 Å². The molecule has 0 amide bonds. The summed E-state index contributed by atoms with van der Waals surface area (Å²) in [5.74, 6) is -0.384. The van der Waals surface area contributed by atoms with Crippen LogP contribution in [0.5, 0.6) is 0 Å². The molecule has 1 aliphatic rings. The van der Waals surface area contributed by atoms with E-state index in [0.717, 1.165) is 18.5 Å². The summed E-state index contributed by atoms with van der Waals surface area (Å²) in [6.45, 7) is 0. The summed E-state index contributed by atoms with van der Waals surface area (Å²) < 4.78 is 18.8. The molecule has 1 aromatic carbocycles. The predicted octanol–water partition coefficient (Wildman–Crippen LogP) is 2.05. The molecule has 2 rings (SSSR count). The molecule has 92 valence electrons. The van der Waals surface area contributed by atoms with Gasteiger partial charge in [0.1, 0.15) is 10.8 Å². The fraction of sp³-hybridized carbons (Fsp3) is 0.417. The van der Waals surface area contributed by atoms with Crippen LogP contribution in [0.3, 0.4) is 0 Å². The third kappa shape index (κ3) is 2.73. The monoisotopic (exact) mass is 254 g/mol. The summed E-state index contributed by atoms with van der Waals surface area (Å²) in [5, 5.41) is 3.25. The fourth-order valence-electron chi connectivity index (χ4n) is 1.92. The van der Waals surface area contributed by atoms with Gasteiger partial charge in [-0.25, -0.2) is 4.39 Å². The van der Waals surface area contributed by atoms with Crippen LogP contribution in [0.25, 0.3) is 0 Å². The van der Waals surface area contributed by atoms with Crippen LogP contribution >= 0.6 is 12.2 Å². The summed E-state index contributed by atoms with van der Waals surface area (Å²) in [6, 6.07) is 5.17. The molecule has 0 aliphatic heterocycles. The molecule has 0 saturated heterocycles. The van der Waals surface area contributed by atoms with E-state index in [9.17, 15) is 4.39 Å². The van der Waals surface area contributed by atoms with Crippen molar-refractivity contribution in [2.24, 2.45) is 5.73 Å². The lowest BCUT2D eigenvalue weighted by molar-refractivity contribution is 0.0329. The smallest absolute Gasteiger partial charge is 0.135 e. The van der Waals surface area contributed by atoms with Gasteiger partial charge in [0.15, 0.2) is 0 Å². The van der Waals surface area contributed by atoms with Crippen molar-refractivity contribution in [1.82, 2.24) is 0 Å². The molecule has 0 atom stereocenters. The van der Waals surface area contributed by atoms with Crippen LogP contribution < -0.4 is 11.1 Å². The normalized spacial score (nSPS) is 22.9. The molecular weight excluding hydrogens is 239 g/mol. The number of ether oxygens (including phenoxy) is 1. The van der Waals surface area contributed by atoms with E-state index in [1.165, 1.54) is 6.07 Å². The lowest BCUT2D eigenvalue weighted by Gasteiger charge is -2.35. The second-order valence-electron chi connectivity index (χ2n) is 4.23. The third-order valence-corrected chi connectivity index (χ3v) is 3.25. The van der Waals surface area contributed by atoms with Gasteiger partial charge in [-0.15, -0.1) is 0 Å². The number of methoxy groups -OCH3 is 1. The molecule has 17 heavy (non-hydrogen) atoms. The number of thiocarbonyl (C=S) groups is 1. The topological polar surface area (TPSA) is 47.3 Å². The Morgan fingerprint density at radius 1 is 1.53 bits per heavy atom. The third-order valence-electron chi connectivity index (χ3n) is 3.03. The molecule has 1 saturated carbocycles. The summed E-state index contributed by atoms with van der Waals surface area (Å²) in [7, 11) is 1.71. The van der Waals surface area contributed by atoms with E-state index in [1.54, 1.807) is 19.2 Å². The molecule has 0 bridgehead atoms. The van der Waals surface area contributed by atoms with Gasteiger partial charge < -0.3 is 15.8 Å². The Labute approximate surface area is 105 Å². The van der Waals surface area contributed by atoms with Crippen molar-refractivity contribution in [3.05, 3.63) is 29.6 Å². The Hall–Kier alpha value is -1.20. The van der Waals surface area contributed by atoms with Gasteiger partial charge in [-0.2, -0.15) is 0 Å². The number of anilines is 1. The number of halogens is 1. The Bertz CT molecular complexity index is 433. The minimum absolute atomic E-state index is 0.0807. The Morgan fingerprint density at radius 3 is 2.76 bits per heavy atom. The highest BCUT2D eigenvalue weighted by atomic mass is 32.1. The first-order valence-electron chi connectivity index (χ1n) is 5.49. The van der Waals surface area contributed by atoms with E-state index >= 15 is 0 Å². The molecule has 0 radical (unpaired) electrons. The molecule has 3 N–H and O–H groups in total. The first-order valence-corrected chi connectivity index (χ1v) is 5.89. The van der Waals surface area contributed by atoms with Crippen molar-refractivity contribution in [1.29, 1.82) is 0 Å². The molecule has 1 fully saturated rings. The highest BCUT2D eigenvalue weighted by molar-refractivity contribution is 7.80. The molecule has 0 spiro atoms. The average molecular weight is 254 g/mol. The minimum atomic E-state index is -0.384. The molecule has 0 unspecified atom stereocenters. The molecule has 0 heterocycles. The predicted molar refractivity (Wildman–Crippen MR) is 69.7 cm³/mol. The van der Waals surface area contributed by atoms with Gasteiger partial charge in [0, 0.05) is 24.4 Å². The molecular formula is C12H15FN2OS. The van der Waals surface area contributed by atoms with Crippen LogP contribution in [0.15, 0.2) is 18.2 Å². The first-order chi connectivity index (χ1) is 8.10. The van der Waals surface area contributed by atoms with E-state index in [1.807, 2.05) is 0 Å².